The standard InChI is InChI=1S/C7H10N4O/c1-5-2-3-6(4-9-5)10-7(8)11-12/h2-4,12H,1H3,(H3,8,10,11). The normalized spacial score (nSPS) is 11.3. The van der Waals surface area contributed by atoms with Crippen LogP contribution >= 0.6 is 0 Å². The quantitative estimate of drug-likeness (QED) is 0.318. The van der Waals surface area contributed by atoms with Crippen molar-refractivity contribution in [2.75, 3.05) is 0 Å². The third-order valence-corrected chi connectivity index (χ3v) is 1.26. The first-order valence-corrected chi connectivity index (χ1v) is 3.39. The van der Waals surface area contributed by atoms with Gasteiger partial charge in [-0.05, 0) is 19.1 Å². The van der Waals surface area contributed by atoms with Gasteiger partial charge in [0, 0.05) is 5.69 Å². The molecule has 1 aromatic heterocycles. The number of nitrogens with two attached hydrogens (primary N) is 1. The molecule has 64 valence electrons. The Morgan fingerprint density at radius 1 is 1.67 bits per heavy atom. The highest BCUT2D eigenvalue weighted by molar-refractivity contribution is 5.79. The van der Waals surface area contributed by atoms with Crippen LogP contribution in [0.15, 0.2) is 23.3 Å². The Kier molecular flexibility index (Phi) is 2.60. The molecule has 0 aromatic carbocycles. The van der Waals surface area contributed by atoms with Crippen LogP contribution in [0.3, 0.4) is 0 Å². The van der Waals surface area contributed by atoms with Crippen molar-refractivity contribution in [3.8, 4) is 0 Å². The number of hydroxylamine groups is 1. The molecule has 0 amide bonds. The van der Waals surface area contributed by atoms with Crippen LogP contribution in [0.1, 0.15) is 5.69 Å². The Morgan fingerprint density at radius 2 is 2.42 bits per heavy atom. The lowest BCUT2D eigenvalue weighted by molar-refractivity contribution is 0.233. The number of hydrogen-bond donors (Lipinski definition) is 3. The minimum atomic E-state index is -0.0550. The second-order valence-electron chi connectivity index (χ2n) is 2.27. The minimum absolute atomic E-state index is 0.0550. The van der Waals surface area contributed by atoms with Crippen molar-refractivity contribution < 1.29 is 5.21 Å². The van der Waals surface area contributed by atoms with Crippen molar-refractivity contribution in [3.63, 3.8) is 0 Å². The maximum Gasteiger partial charge on any atom is 0.218 e. The zero-order valence-electron chi connectivity index (χ0n) is 6.65. The second-order valence-corrected chi connectivity index (χ2v) is 2.27. The van der Waals surface area contributed by atoms with Gasteiger partial charge in [-0.2, -0.15) is 0 Å². The molecule has 0 radical (unpaired) electrons. The van der Waals surface area contributed by atoms with Gasteiger partial charge in [0.05, 0.1) is 11.9 Å². The largest absolute Gasteiger partial charge is 0.368 e. The zero-order chi connectivity index (χ0) is 8.97. The lowest BCUT2D eigenvalue weighted by Gasteiger charge is -1.97. The van der Waals surface area contributed by atoms with Gasteiger partial charge < -0.3 is 5.73 Å². The molecule has 4 N–H and O–H groups in total. The zero-order valence-corrected chi connectivity index (χ0v) is 6.65. The summed E-state index contributed by atoms with van der Waals surface area (Å²) in [7, 11) is 0. The van der Waals surface area contributed by atoms with E-state index in [4.69, 9.17) is 10.9 Å². The molecule has 0 aliphatic heterocycles. The fraction of sp³-hybridized carbons (Fsp3) is 0.143. The molecule has 0 aliphatic rings. The van der Waals surface area contributed by atoms with E-state index in [1.807, 2.05) is 13.0 Å². The van der Waals surface area contributed by atoms with Gasteiger partial charge in [0.1, 0.15) is 0 Å². The van der Waals surface area contributed by atoms with Gasteiger partial charge in [0.15, 0.2) is 0 Å². The lowest BCUT2D eigenvalue weighted by atomic mass is 10.3. The molecule has 5 nitrogen and oxygen atoms in total. The average Bonchev–Trinajstić information content (AvgIpc) is 2.09. The summed E-state index contributed by atoms with van der Waals surface area (Å²) < 4.78 is 0. The number of aliphatic imine (C=N–C) groups is 1. The number of rotatable bonds is 1. The van der Waals surface area contributed by atoms with E-state index in [0.29, 0.717) is 5.69 Å². The van der Waals surface area contributed by atoms with E-state index >= 15 is 0 Å². The summed E-state index contributed by atoms with van der Waals surface area (Å²) in [6.45, 7) is 1.88. The van der Waals surface area contributed by atoms with Gasteiger partial charge in [0.2, 0.25) is 5.96 Å². The smallest absolute Gasteiger partial charge is 0.218 e. The molecule has 0 spiro atoms. The number of guanidine groups is 1. The van der Waals surface area contributed by atoms with Crippen LogP contribution in [0.4, 0.5) is 5.69 Å². The second kappa shape index (κ2) is 3.68. The van der Waals surface area contributed by atoms with Crippen molar-refractivity contribution in [2.45, 2.75) is 6.92 Å². The summed E-state index contributed by atoms with van der Waals surface area (Å²) in [4.78, 5) is 7.78. The molecule has 1 heterocycles. The molecule has 0 bridgehead atoms. The molecule has 0 saturated carbocycles. The molecule has 0 saturated heterocycles. The SMILES string of the molecule is Cc1ccc(N=C(N)NO)cn1. The highest BCUT2D eigenvalue weighted by Crippen LogP contribution is 2.08. The first-order chi connectivity index (χ1) is 5.72. The van der Waals surface area contributed by atoms with E-state index in [2.05, 4.69) is 9.98 Å². The number of nitrogens with one attached hydrogen (secondary N) is 1. The summed E-state index contributed by atoms with van der Waals surface area (Å²) in [5.74, 6) is -0.0550. The van der Waals surface area contributed by atoms with E-state index < -0.39 is 0 Å². The molecular weight excluding hydrogens is 156 g/mol. The summed E-state index contributed by atoms with van der Waals surface area (Å²) >= 11 is 0. The van der Waals surface area contributed by atoms with Crippen molar-refractivity contribution in [1.82, 2.24) is 10.5 Å². The number of hydrogen-bond acceptors (Lipinski definition) is 3. The van der Waals surface area contributed by atoms with Crippen LogP contribution in [-0.4, -0.2) is 16.2 Å². The highest BCUT2D eigenvalue weighted by atomic mass is 16.5. The number of nitrogens with zero attached hydrogens (tertiary/aromatic N) is 2. The van der Waals surface area contributed by atoms with Crippen LogP contribution in [0.25, 0.3) is 0 Å². The third kappa shape index (κ3) is 2.21. The van der Waals surface area contributed by atoms with Gasteiger partial charge in [-0.3, -0.25) is 10.2 Å². The molecule has 1 rings (SSSR count). The highest BCUT2D eigenvalue weighted by Gasteiger charge is 1.91. The van der Waals surface area contributed by atoms with Gasteiger partial charge >= 0.3 is 0 Å². The number of aromatic nitrogens is 1. The van der Waals surface area contributed by atoms with E-state index in [-0.39, 0.29) is 5.96 Å². The predicted molar refractivity (Wildman–Crippen MR) is 45.2 cm³/mol. The van der Waals surface area contributed by atoms with Gasteiger partial charge in [-0.1, -0.05) is 0 Å². The first-order valence-electron chi connectivity index (χ1n) is 3.39. The topological polar surface area (TPSA) is 83.5 Å². The van der Waals surface area contributed by atoms with Gasteiger partial charge in [0.25, 0.3) is 0 Å². The molecule has 0 unspecified atom stereocenters. The van der Waals surface area contributed by atoms with Crippen LogP contribution < -0.4 is 11.2 Å². The molecule has 12 heavy (non-hydrogen) atoms. The number of aryl methyl sites for hydroxylation is 1. The van der Waals surface area contributed by atoms with Crippen LogP contribution in [0, 0.1) is 6.92 Å². The predicted octanol–water partition coefficient (Wildman–Crippen LogP) is 0.315. The fourth-order valence-electron chi connectivity index (χ4n) is 0.690. The van der Waals surface area contributed by atoms with Crippen LogP contribution in [0.2, 0.25) is 0 Å². The Bertz CT molecular complexity index is 280. The first kappa shape index (κ1) is 8.48. The molecule has 0 aliphatic carbocycles. The Morgan fingerprint density at radius 3 is 2.92 bits per heavy atom. The minimum Gasteiger partial charge on any atom is -0.368 e. The van der Waals surface area contributed by atoms with E-state index in [1.54, 1.807) is 17.7 Å². The average molecular weight is 166 g/mol. The lowest BCUT2D eigenvalue weighted by Crippen LogP contribution is -2.27. The molecule has 0 atom stereocenters. The van der Waals surface area contributed by atoms with E-state index in [0.717, 1.165) is 5.69 Å². The van der Waals surface area contributed by atoms with Crippen molar-refractivity contribution in [1.29, 1.82) is 0 Å². The van der Waals surface area contributed by atoms with Crippen LogP contribution in [0.5, 0.6) is 0 Å². The molecule has 0 fully saturated rings. The van der Waals surface area contributed by atoms with Crippen molar-refractivity contribution >= 4 is 11.6 Å². The number of pyridine rings is 1. The fourth-order valence-corrected chi connectivity index (χ4v) is 0.690. The van der Waals surface area contributed by atoms with Crippen LogP contribution in [-0.2, 0) is 0 Å². The summed E-state index contributed by atoms with van der Waals surface area (Å²) in [5.41, 5.74) is 8.44. The monoisotopic (exact) mass is 166 g/mol. The summed E-state index contributed by atoms with van der Waals surface area (Å²) in [6, 6.07) is 3.57. The summed E-state index contributed by atoms with van der Waals surface area (Å²) in [5, 5.41) is 8.32. The van der Waals surface area contributed by atoms with Gasteiger partial charge in [-0.25, -0.2) is 10.5 Å². The third-order valence-electron chi connectivity index (χ3n) is 1.26. The molecule has 5 heteroatoms. The van der Waals surface area contributed by atoms with Gasteiger partial charge in [-0.15, -0.1) is 0 Å². The Hall–Kier alpha value is -1.62. The van der Waals surface area contributed by atoms with Crippen molar-refractivity contribution in [3.05, 3.63) is 24.0 Å². The molecular formula is C7H10N4O. The van der Waals surface area contributed by atoms with Crippen molar-refractivity contribution in [2.24, 2.45) is 10.7 Å². The Labute approximate surface area is 69.9 Å². The Balaban J connectivity index is 2.84. The maximum absolute atomic E-state index is 8.32. The summed E-state index contributed by atoms with van der Waals surface area (Å²) in [6.07, 6.45) is 1.57. The van der Waals surface area contributed by atoms with E-state index in [9.17, 15) is 0 Å². The molecule has 1 aromatic rings. The maximum atomic E-state index is 8.32. The van der Waals surface area contributed by atoms with E-state index in [1.165, 1.54) is 0 Å².